The molecule has 0 saturated heterocycles. The van der Waals surface area contributed by atoms with Gasteiger partial charge in [-0.1, -0.05) is 12.1 Å². The first-order valence-corrected chi connectivity index (χ1v) is 7.16. The summed E-state index contributed by atoms with van der Waals surface area (Å²) in [4.78, 5) is 33.9. The van der Waals surface area contributed by atoms with Crippen molar-refractivity contribution in [2.75, 3.05) is 5.32 Å². The second-order valence-corrected chi connectivity index (χ2v) is 5.05. The summed E-state index contributed by atoms with van der Waals surface area (Å²) < 4.78 is 12.9. The van der Waals surface area contributed by atoms with Gasteiger partial charge in [0.2, 0.25) is 5.91 Å². The molecular formula is C17H14FN3O4. The van der Waals surface area contributed by atoms with Gasteiger partial charge in [-0.05, 0) is 35.9 Å². The van der Waals surface area contributed by atoms with Crippen molar-refractivity contribution < 1.29 is 18.9 Å². The molecule has 25 heavy (non-hydrogen) atoms. The van der Waals surface area contributed by atoms with Crippen molar-refractivity contribution in [2.45, 2.75) is 6.92 Å². The smallest absolute Gasteiger partial charge is 0.272 e. The summed E-state index contributed by atoms with van der Waals surface area (Å²) in [6, 6.07) is 10.7. The molecule has 0 bridgehead atoms. The average molecular weight is 343 g/mol. The monoisotopic (exact) mass is 343 g/mol. The van der Waals surface area contributed by atoms with E-state index >= 15 is 0 Å². The lowest BCUT2D eigenvalue weighted by Crippen LogP contribution is -2.28. The number of nitro groups is 1. The van der Waals surface area contributed by atoms with Gasteiger partial charge in [-0.15, -0.1) is 0 Å². The molecule has 8 heteroatoms. The summed E-state index contributed by atoms with van der Waals surface area (Å²) in [5.41, 5.74) is 0.459. The lowest BCUT2D eigenvalue weighted by atomic mass is 10.1. The van der Waals surface area contributed by atoms with Crippen LogP contribution in [0.25, 0.3) is 6.08 Å². The molecule has 0 atom stereocenters. The highest BCUT2D eigenvalue weighted by Crippen LogP contribution is 2.16. The van der Waals surface area contributed by atoms with E-state index in [4.69, 9.17) is 0 Å². The van der Waals surface area contributed by atoms with Crippen molar-refractivity contribution in [3.63, 3.8) is 0 Å². The Balaban J connectivity index is 2.29. The number of nitro benzene ring substituents is 1. The van der Waals surface area contributed by atoms with Crippen molar-refractivity contribution in [1.82, 2.24) is 5.32 Å². The topological polar surface area (TPSA) is 101 Å². The third-order valence-electron chi connectivity index (χ3n) is 3.05. The lowest BCUT2D eigenvalue weighted by molar-refractivity contribution is -0.384. The van der Waals surface area contributed by atoms with Crippen LogP contribution >= 0.6 is 0 Å². The fraction of sp³-hybridized carbons (Fsp3) is 0.0588. The summed E-state index contributed by atoms with van der Waals surface area (Å²) in [5, 5.41) is 15.7. The first-order chi connectivity index (χ1) is 11.8. The minimum atomic E-state index is -0.645. The van der Waals surface area contributed by atoms with Crippen LogP contribution in [-0.2, 0) is 9.59 Å². The number of nitrogens with zero attached hydrogens (tertiary/aromatic N) is 1. The summed E-state index contributed by atoms with van der Waals surface area (Å²) in [6.07, 6.45) is 1.31. The lowest BCUT2D eigenvalue weighted by Gasteiger charge is -2.10. The van der Waals surface area contributed by atoms with Gasteiger partial charge in [-0.25, -0.2) is 4.39 Å². The van der Waals surface area contributed by atoms with Crippen molar-refractivity contribution >= 4 is 29.3 Å². The standard InChI is InChI=1S/C17H14FN3O4/c1-11(22)19-16(10-12-3-2-4-15(9-12)21(24)25)17(23)20-14-7-5-13(18)6-8-14/h2-10H,1H3,(H,19,22)(H,20,23). The normalized spacial score (nSPS) is 10.9. The van der Waals surface area contributed by atoms with Crippen molar-refractivity contribution in [2.24, 2.45) is 0 Å². The number of anilines is 1. The highest BCUT2D eigenvalue weighted by Gasteiger charge is 2.13. The molecule has 0 aromatic heterocycles. The molecule has 128 valence electrons. The van der Waals surface area contributed by atoms with Crippen molar-refractivity contribution in [1.29, 1.82) is 0 Å². The Morgan fingerprint density at radius 1 is 1.16 bits per heavy atom. The van der Waals surface area contributed by atoms with E-state index in [1.807, 2.05) is 0 Å². The number of amides is 2. The Bertz CT molecular complexity index is 847. The molecule has 0 spiro atoms. The molecule has 2 aromatic carbocycles. The quantitative estimate of drug-likeness (QED) is 0.495. The number of hydrogen-bond acceptors (Lipinski definition) is 4. The fourth-order valence-corrected chi connectivity index (χ4v) is 1.97. The molecule has 0 heterocycles. The van der Waals surface area contributed by atoms with Gasteiger partial charge in [0.1, 0.15) is 11.5 Å². The average Bonchev–Trinajstić information content (AvgIpc) is 2.56. The van der Waals surface area contributed by atoms with Gasteiger partial charge in [-0.3, -0.25) is 19.7 Å². The Morgan fingerprint density at radius 2 is 1.84 bits per heavy atom. The van der Waals surface area contributed by atoms with E-state index in [2.05, 4.69) is 10.6 Å². The predicted octanol–water partition coefficient (Wildman–Crippen LogP) is 2.85. The molecule has 2 rings (SSSR count). The van der Waals surface area contributed by atoms with Gasteiger partial charge in [0.25, 0.3) is 11.6 Å². The summed E-state index contributed by atoms with van der Waals surface area (Å²) in [7, 11) is 0. The van der Waals surface area contributed by atoms with Crippen molar-refractivity contribution in [3.8, 4) is 0 Å². The zero-order chi connectivity index (χ0) is 18.4. The molecule has 2 N–H and O–H groups in total. The molecule has 7 nitrogen and oxygen atoms in total. The van der Waals surface area contributed by atoms with Gasteiger partial charge < -0.3 is 10.6 Å². The maximum atomic E-state index is 12.9. The third kappa shape index (κ3) is 5.24. The van der Waals surface area contributed by atoms with E-state index in [0.29, 0.717) is 11.3 Å². The largest absolute Gasteiger partial charge is 0.322 e. The number of nitrogens with one attached hydrogen (secondary N) is 2. The van der Waals surface area contributed by atoms with E-state index in [-0.39, 0.29) is 11.4 Å². The van der Waals surface area contributed by atoms with E-state index in [1.165, 1.54) is 55.5 Å². The second-order valence-electron chi connectivity index (χ2n) is 5.05. The third-order valence-corrected chi connectivity index (χ3v) is 3.05. The highest BCUT2D eigenvalue weighted by atomic mass is 19.1. The van der Waals surface area contributed by atoms with E-state index < -0.39 is 22.6 Å². The molecule has 2 amide bonds. The molecular weight excluding hydrogens is 329 g/mol. The minimum absolute atomic E-state index is 0.0997. The Morgan fingerprint density at radius 3 is 2.44 bits per heavy atom. The number of benzene rings is 2. The van der Waals surface area contributed by atoms with Crippen LogP contribution in [0.1, 0.15) is 12.5 Å². The molecule has 0 aliphatic heterocycles. The van der Waals surface area contributed by atoms with E-state index in [0.717, 1.165) is 0 Å². The zero-order valence-electron chi connectivity index (χ0n) is 13.2. The SMILES string of the molecule is CC(=O)NC(=Cc1cccc([N+](=O)[O-])c1)C(=O)Nc1ccc(F)cc1. The summed E-state index contributed by atoms with van der Waals surface area (Å²) in [5.74, 6) is -1.58. The maximum Gasteiger partial charge on any atom is 0.272 e. The second kappa shape index (κ2) is 7.82. The van der Waals surface area contributed by atoms with Gasteiger partial charge >= 0.3 is 0 Å². The zero-order valence-corrected chi connectivity index (χ0v) is 13.2. The van der Waals surface area contributed by atoms with Crippen molar-refractivity contribution in [3.05, 3.63) is 75.7 Å². The summed E-state index contributed by atoms with van der Waals surface area (Å²) in [6.45, 7) is 1.23. The number of halogens is 1. The molecule has 2 aromatic rings. The Kier molecular flexibility index (Phi) is 5.57. The Hall–Kier alpha value is -3.55. The van der Waals surface area contributed by atoms with Crippen LogP contribution in [0.3, 0.4) is 0 Å². The molecule has 0 radical (unpaired) electrons. The maximum absolute atomic E-state index is 12.9. The van der Waals surface area contributed by atoms with Gasteiger partial charge in [-0.2, -0.15) is 0 Å². The highest BCUT2D eigenvalue weighted by molar-refractivity contribution is 6.08. The van der Waals surface area contributed by atoms with Crippen LogP contribution in [-0.4, -0.2) is 16.7 Å². The van der Waals surface area contributed by atoms with Crippen LogP contribution in [0.2, 0.25) is 0 Å². The first-order valence-electron chi connectivity index (χ1n) is 7.16. The number of rotatable bonds is 5. The van der Waals surface area contributed by atoms with Gasteiger partial charge in [0.15, 0.2) is 0 Å². The number of non-ortho nitro benzene ring substituents is 1. The Labute approximate surface area is 142 Å². The summed E-state index contributed by atoms with van der Waals surface area (Å²) >= 11 is 0. The molecule has 0 aliphatic rings. The van der Waals surface area contributed by atoms with Gasteiger partial charge in [0.05, 0.1) is 4.92 Å². The predicted molar refractivity (Wildman–Crippen MR) is 89.9 cm³/mol. The number of carbonyl (C=O) groups excluding carboxylic acids is 2. The molecule has 0 unspecified atom stereocenters. The van der Waals surface area contributed by atoms with E-state index in [9.17, 15) is 24.1 Å². The fourth-order valence-electron chi connectivity index (χ4n) is 1.97. The van der Waals surface area contributed by atoms with Crippen LogP contribution in [0, 0.1) is 15.9 Å². The molecule has 0 aliphatic carbocycles. The molecule has 0 fully saturated rings. The van der Waals surface area contributed by atoms with Gasteiger partial charge in [0, 0.05) is 24.7 Å². The van der Waals surface area contributed by atoms with E-state index in [1.54, 1.807) is 6.07 Å². The van der Waals surface area contributed by atoms with Crippen LogP contribution in [0.5, 0.6) is 0 Å². The van der Waals surface area contributed by atoms with Crippen LogP contribution < -0.4 is 10.6 Å². The molecule has 0 saturated carbocycles. The minimum Gasteiger partial charge on any atom is -0.322 e. The first kappa shape index (κ1) is 17.8. The van der Waals surface area contributed by atoms with Crippen LogP contribution in [0.4, 0.5) is 15.8 Å². The van der Waals surface area contributed by atoms with Crippen LogP contribution in [0.15, 0.2) is 54.2 Å². The number of carbonyl (C=O) groups is 2. The number of hydrogen-bond donors (Lipinski definition) is 2.